The average Bonchev–Trinajstić information content (AvgIpc) is 2.67. The molecule has 3 heteroatoms. The average molecular weight is 334 g/mol. The molecule has 0 heterocycles. The molecule has 0 atom stereocenters. The van der Waals surface area contributed by atoms with E-state index in [0.717, 1.165) is 28.9 Å². The van der Waals surface area contributed by atoms with Crippen LogP contribution in [0.3, 0.4) is 0 Å². The van der Waals surface area contributed by atoms with Crippen molar-refractivity contribution in [3.8, 4) is 28.4 Å². The number of rotatable bonds is 7. The predicted octanol–water partition coefficient (Wildman–Crippen LogP) is 5.43. The number of benzene rings is 3. The van der Waals surface area contributed by atoms with E-state index in [2.05, 4.69) is 0 Å². The lowest BCUT2D eigenvalue weighted by atomic mass is 10.1. The van der Waals surface area contributed by atoms with Crippen molar-refractivity contribution in [3.05, 3.63) is 78.4 Å². The van der Waals surface area contributed by atoms with Crippen LogP contribution in [0.5, 0.6) is 17.2 Å². The lowest BCUT2D eigenvalue weighted by Crippen LogP contribution is -1.96. The fraction of sp³-hybridized carbons (Fsp3) is 0.182. The summed E-state index contributed by atoms with van der Waals surface area (Å²) in [5.74, 6) is 1.51. The van der Waals surface area contributed by atoms with Gasteiger partial charge in [0.05, 0.1) is 6.61 Å². The molecule has 3 nitrogen and oxygen atoms in total. The molecule has 0 spiro atoms. The van der Waals surface area contributed by atoms with E-state index in [1.807, 2.05) is 73.7 Å². The molecule has 3 rings (SSSR count). The van der Waals surface area contributed by atoms with Crippen LogP contribution >= 0.6 is 0 Å². The fourth-order valence-corrected chi connectivity index (χ4v) is 2.51. The van der Waals surface area contributed by atoms with E-state index < -0.39 is 0 Å². The third-order valence-electron chi connectivity index (χ3n) is 3.86. The van der Waals surface area contributed by atoms with E-state index in [0.29, 0.717) is 19.0 Å². The summed E-state index contributed by atoms with van der Waals surface area (Å²) in [6.07, 6.45) is 0.900. The predicted molar refractivity (Wildman–Crippen MR) is 100 cm³/mol. The largest absolute Gasteiger partial charge is 0.504 e. The highest BCUT2D eigenvalue weighted by molar-refractivity contribution is 5.67. The van der Waals surface area contributed by atoms with E-state index in [1.54, 1.807) is 6.07 Å². The molecular weight excluding hydrogens is 312 g/mol. The minimum Gasteiger partial charge on any atom is -0.504 e. The number of phenolic OH excluding ortho intramolecular Hbond substituents is 1. The van der Waals surface area contributed by atoms with Gasteiger partial charge in [0.2, 0.25) is 0 Å². The second kappa shape index (κ2) is 8.25. The molecule has 0 aliphatic carbocycles. The van der Waals surface area contributed by atoms with E-state index in [9.17, 15) is 5.11 Å². The Morgan fingerprint density at radius 2 is 1.52 bits per heavy atom. The number of phenols is 1. The minimum absolute atomic E-state index is 0.167. The molecule has 0 saturated carbocycles. The normalized spacial score (nSPS) is 10.4. The quantitative estimate of drug-likeness (QED) is 0.626. The SMILES string of the molecule is CCCOc1cc(-c2ccc(OCc3ccccc3)cc2)ccc1O. The van der Waals surface area contributed by atoms with Gasteiger partial charge in [-0.1, -0.05) is 55.5 Å². The van der Waals surface area contributed by atoms with E-state index in [1.165, 1.54) is 0 Å². The van der Waals surface area contributed by atoms with Gasteiger partial charge < -0.3 is 14.6 Å². The maximum Gasteiger partial charge on any atom is 0.161 e. The van der Waals surface area contributed by atoms with Gasteiger partial charge in [0.25, 0.3) is 0 Å². The molecule has 0 aliphatic heterocycles. The van der Waals surface area contributed by atoms with Crippen LogP contribution in [0, 0.1) is 0 Å². The number of ether oxygens (including phenoxy) is 2. The Hall–Kier alpha value is -2.94. The second-order valence-electron chi connectivity index (χ2n) is 5.83. The Morgan fingerprint density at radius 1 is 0.800 bits per heavy atom. The van der Waals surface area contributed by atoms with Gasteiger partial charge in [-0.3, -0.25) is 0 Å². The second-order valence-corrected chi connectivity index (χ2v) is 5.83. The lowest BCUT2D eigenvalue weighted by molar-refractivity contribution is 0.299. The molecule has 0 aliphatic rings. The van der Waals surface area contributed by atoms with Crippen LogP contribution in [0.2, 0.25) is 0 Å². The molecule has 0 unspecified atom stereocenters. The summed E-state index contributed by atoms with van der Waals surface area (Å²) >= 11 is 0. The molecule has 0 amide bonds. The summed E-state index contributed by atoms with van der Waals surface area (Å²) in [7, 11) is 0. The summed E-state index contributed by atoms with van der Waals surface area (Å²) in [5.41, 5.74) is 3.19. The first-order valence-corrected chi connectivity index (χ1v) is 8.49. The Balaban J connectivity index is 1.69. The van der Waals surface area contributed by atoms with E-state index in [-0.39, 0.29) is 5.75 Å². The van der Waals surface area contributed by atoms with Gasteiger partial charge in [0, 0.05) is 0 Å². The molecule has 128 valence electrons. The van der Waals surface area contributed by atoms with Gasteiger partial charge in [-0.25, -0.2) is 0 Å². The smallest absolute Gasteiger partial charge is 0.161 e. The molecule has 3 aromatic carbocycles. The molecule has 25 heavy (non-hydrogen) atoms. The molecule has 0 radical (unpaired) electrons. The molecule has 0 fully saturated rings. The number of hydrogen-bond acceptors (Lipinski definition) is 3. The first kappa shape index (κ1) is 16.9. The van der Waals surface area contributed by atoms with Gasteiger partial charge in [0.1, 0.15) is 12.4 Å². The Morgan fingerprint density at radius 3 is 2.24 bits per heavy atom. The molecule has 3 aromatic rings. The minimum atomic E-state index is 0.167. The lowest BCUT2D eigenvalue weighted by Gasteiger charge is -2.10. The van der Waals surface area contributed by atoms with Crippen molar-refractivity contribution in [3.63, 3.8) is 0 Å². The number of hydrogen-bond donors (Lipinski definition) is 1. The highest BCUT2D eigenvalue weighted by atomic mass is 16.5. The maximum absolute atomic E-state index is 9.89. The monoisotopic (exact) mass is 334 g/mol. The Kier molecular flexibility index (Phi) is 5.57. The van der Waals surface area contributed by atoms with Gasteiger partial charge in [0.15, 0.2) is 11.5 Å². The van der Waals surface area contributed by atoms with Gasteiger partial charge in [-0.2, -0.15) is 0 Å². The van der Waals surface area contributed by atoms with Crippen LogP contribution in [0.25, 0.3) is 11.1 Å². The molecule has 1 N–H and O–H groups in total. The van der Waals surface area contributed by atoms with Crippen molar-refractivity contribution in [2.45, 2.75) is 20.0 Å². The van der Waals surface area contributed by atoms with Crippen molar-refractivity contribution >= 4 is 0 Å². The summed E-state index contributed by atoms with van der Waals surface area (Å²) in [6.45, 7) is 3.17. The Labute approximate surface area is 148 Å². The molecule has 0 aromatic heterocycles. The zero-order chi connectivity index (χ0) is 17.5. The van der Waals surface area contributed by atoms with E-state index >= 15 is 0 Å². The molecule has 0 saturated heterocycles. The van der Waals surface area contributed by atoms with Gasteiger partial charge in [-0.15, -0.1) is 0 Å². The van der Waals surface area contributed by atoms with Crippen LogP contribution in [0.15, 0.2) is 72.8 Å². The van der Waals surface area contributed by atoms with Gasteiger partial charge in [-0.05, 0) is 47.4 Å². The highest BCUT2D eigenvalue weighted by Crippen LogP contribution is 2.32. The summed E-state index contributed by atoms with van der Waals surface area (Å²) in [4.78, 5) is 0. The number of aromatic hydroxyl groups is 1. The fourth-order valence-electron chi connectivity index (χ4n) is 2.51. The van der Waals surface area contributed by atoms with Crippen LogP contribution in [-0.4, -0.2) is 11.7 Å². The Bertz CT molecular complexity index is 795. The van der Waals surface area contributed by atoms with Crippen LogP contribution < -0.4 is 9.47 Å². The van der Waals surface area contributed by atoms with Crippen LogP contribution in [0.1, 0.15) is 18.9 Å². The van der Waals surface area contributed by atoms with Crippen molar-refractivity contribution in [1.82, 2.24) is 0 Å². The highest BCUT2D eigenvalue weighted by Gasteiger charge is 2.06. The first-order valence-electron chi connectivity index (χ1n) is 8.49. The van der Waals surface area contributed by atoms with Crippen molar-refractivity contribution in [2.24, 2.45) is 0 Å². The van der Waals surface area contributed by atoms with Crippen molar-refractivity contribution in [2.75, 3.05) is 6.61 Å². The van der Waals surface area contributed by atoms with Gasteiger partial charge >= 0.3 is 0 Å². The van der Waals surface area contributed by atoms with E-state index in [4.69, 9.17) is 9.47 Å². The summed E-state index contributed by atoms with van der Waals surface area (Å²) in [6, 6.07) is 23.4. The third kappa shape index (κ3) is 4.54. The maximum atomic E-state index is 9.89. The molecule has 0 bridgehead atoms. The van der Waals surface area contributed by atoms with Crippen LogP contribution in [0.4, 0.5) is 0 Å². The summed E-state index contributed by atoms with van der Waals surface area (Å²) < 4.78 is 11.4. The standard InChI is InChI=1S/C22H22O3/c1-2-14-24-22-15-19(10-13-21(22)23)18-8-11-20(12-9-18)25-16-17-6-4-3-5-7-17/h3-13,15,23H,2,14,16H2,1H3. The van der Waals surface area contributed by atoms with Crippen molar-refractivity contribution in [1.29, 1.82) is 0 Å². The zero-order valence-electron chi connectivity index (χ0n) is 14.3. The summed E-state index contributed by atoms with van der Waals surface area (Å²) in [5, 5.41) is 9.89. The van der Waals surface area contributed by atoms with Crippen LogP contribution in [-0.2, 0) is 6.61 Å². The molecular formula is C22H22O3. The van der Waals surface area contributed by atoms with Crippen molar-refractivity contribution < 1.29 is 14.6 Å². The topological polar surface area (TPSA) is 38.7 Å². The zero-order valence-corrected chi connectivity index (χ0v) is 14.3. The first-order chi connectivity index (χ1) is 12.3. The third-order valence-corrected chi connectivity index (χ3v) is 3.86.